The third-order valence-electron chi connectivity index (χ3n) is 4.44. The van der Waals surface area contributed by atoms with E-state index in [1.165, 1.54) is 12.1 Å². The highest BCUT2D eigenvalue weighted by Crippen LogP contribution is 2.13. The SMILES string of the molecule is CN=C(NCc1ccc(CN(C)C(=O)OC(C)(C)C)cc1)NCc1ccc([N+](=O)[O-])cc1. The summed E-state index contributed by atoms with van der Waals surface area (Å²) in [5.41, 5.74) is 2.52. The lowest BCUT2D eigenvalue weighted by Crippen LogP contribution is -2.36. The van der Waals surface area contributed by atoms with Crippen LogP contribution in [-0.2, 0) is 24.4 Å². The minimum Gasteiger partial charge on any atom is -0.444 e. The van der Waals surface area contributed by atoms with Crippen LogP contribution in [0.1, 0.15) is 37.5 Å². The molecule has 0 saturated heterocycles. The number of guanidine groups is 1. The molecule has 32 heavy (non-hydrogen) atoms. The average molecular weight is 442 g/mol. The van der Waals surface area contributed by atoms with E-state index in [1.54, 1.807) is 31.1 Å². The first kappa shape index (κ1) is 24.6. The van der Waals surface area contributed by atoms with E-state index in [0.29, 0.717) is 25.6 Å². The van der Waals surface area contributed by atoms with Crippen molar-refractivity contribution in [3.05, 3.63) is 75.3 Å². The first-order valence-corrected chi connectivity index (χ1v) is 10.3. The molecule has 0 unspecified atom stereocenters. The molecule has 2 rings (SSSR count). The van der Waals surface area contributed by atoms with Crippen molar-refractivity contribution < 1.29 is 14.5 Å². The number of nitrogens with zero attached hydrogens (tertiary/aromatic N) is 3. The lowest BCUT2D eigenvalue weighted by Gasteiger charge is -2.24. The molecule has 2 aromatic carbocycles. The van der Waals surface area contributed by atoms with Crippen molar-refractivity contribution in [3.8, 4) is 0 Å². The summed E-state index contributed by atoms with van der Waals surface area (Å²) >= 11 is 0. The van der Waals surface area contributed by atoms with E-state index in [2.05, 4.69) is 15.6 Å². The molecular formula is C23H31N5O4. The summed E-state index contributed by atoms with van der Waals surface area (Å²) in [5.74, 6) is 0.622. The molecule has 0 aromatic heterocycles. The van der Waals surface area contributed by atoms with Crippen molar-refractivity contribution in [1.29, 1.82) is 0 Å². The van der Waals surface area contributed by atoms with Gasteiger partial charge in [-0.25, -0.2) is 4.79 Å². The molecule has 172 valence electrons. The second-order valence-electron chi connectivity index (χ2n) is 8.36. The van der Waals surface area contributed by atoms with Gasteiger partial charge in [0, 0.05) is 45.9 Å². The number of hydrogen-bond donors (Lipinski definition) is 2. The summed E-state index contributed by atoms with van der Waals surface area (Å²) < 4.78 is 5.37. The highest BCUT2D eigenvalue weighted by molar-refractivity contribution is 5.79. The standard InChI is InChI=1S/C23H31N5O4/c1-23(2,3)32-22(29)27(5)16-19-8-6-17(7-9-19)14-25-21(24-4)26-15-18-10-12-20(13-11-18)28(30)31/h6-13H,14-16H2,1-5H3,(H2,24,25,26). The number of nitro benzene ring substituents is 1. The summed E-state index contributed by atoms with van der Waals surface area (Å²) in [5, 5.41) is 17.2. The Labute approximate surface area is 188 Å². The number of nitro groups is 1. The lowest BCUT2D eigenvalue weighted by molar-refractivity contribution is -0.384. The van der Waals surface area contributed by atoms with Gasteiger partial charge >= 0.3 is 6.09 Å². The highest BCUT2D eigenvalue weighted by atomic mass is 16.6. The Morgan fingerprint density at radius 3 is 1.91 bits per heavy atom. The Kier molecular flexibility index (Phi) is 8.57. The molecule has 2 N–H and O–H groups in total. The van der Waals surface area contributed by atoms with Crippen LogP contribution in [0.3, 0.4) is 0 Å². The Morgan fingerprint density at radius 1 is 1.00 bits per heavy atom. The van der Waals surface area contributed by atoms with E-state index >= 15 is 0 Å². The fraction of sp³-hybridized carbons (Fsp3) is 0.391. The van der Waals surface area contributed by atoms with Crippen LogP contribution in [0.5, 0.6) is 0 Å². The van der Waals surface area contributed by atoms with Crippen LogP contribution in [-0.4, -0.2) is 41.6 Å². The Balaban J connectivity index is 1.82. The largest absolute Gasteiger partial charge is 0.444 e. The van der Waals surface area contributed by atoms with Crippen molar-refractivity contribution in [2.75, 3.05) is 14.1 Å². The van der Waals surface area contributed by atoms with Crippen molar-refractivity contribution >= 4 is 17.7 Å². The third kappa shape index (κ3) is 8.25. The van der Waals surface area contributed by atoms with Crippen molar-refractivity contribution in [1.82, 2.24) is 15.5 Å². The first-order chi connectivity index (χ1) is 15.1. The zero-order chi connectivity index (χ0) is 23.7. The number of aliphatic imine (C=N–C) groups is 1. The van der Waals surface area contributed by atoms with Gasteiger partial charge in [0.1, 0.15) is 5.60 Å². The van der Waals surface area contributed by atoms with E-state index in [1.807, 2.05) is 45.0 Å². The minimum atomic E-state index is -0.522. The molecule has 0 heterocycles. The number of ether oxygens (including phenoxy) is 1. The van der Waals surface area contributed by atoms with Gasteiger partial charge in [-0.2, -0.15) is 0 Å². The maximum Gasteiger partial charge on any atom is 0.410 e. The number of nitrogens with one attached hydrogen (secondary N) is 2. The van der Waals surface area contributed by atoms with Gasteiger partial charge in [0.05, 0.1) is 4.92 Å². The zero-order valence-corrected chi connectivity index (χ0v) is 19.2. The first-order valence-electron chi connectivity index (χ1n) is 10.3. The number of carbonyl (C=O) groups is 1. The van der Waals surface area contributed by atoms with Crippen LogP contribution in [0.15, 0.2) is 53.5 Å². The van der Waals surface area contributed by atoms with Crippen molar-refractivity contribution in [2.24, 2.45) is 4.99 Å². The fourth-order valence-electron chi connectivity index (χ4n) is 2.77. The third-order valence-corrected chi connectivity index (χ3v) is 4.44. The van der Waals surface area contributed by atoms with Gasteiger partial charge in [0.25, 0.3) is 5.69 Å². The normalized spacial score (nSPS) is 11.6. The maximum atomic E-state index is 12.1. The monoisotopic (exact) mass is 441 g/mol. The summed E-state index contributed by atoms with van der Waals surface area (Å²) in [6.45, 7) is 7.05. The quantitative estimate of drug-likeness (QED) is 0.293. The number of carbonyl (C=O) groups excluding carboxylic acids is 1. The van der Waals surface area contributed by atoms with Crippen LogP contribution in [0.25, 0.3) is 0 Å². The molecule has 0 spiro atoms. The van der Waals surface area contributed by atoms with Gasteiger partial charge in [0.15, 0.2) is 5.96 Å². The second kappa shape index (κ2) is 11.1. The summed E-state index contributed by atoms with van der Waals surface area (Å²) in [6, 6.07) is 14.3. The molecule has 9 heteroatoms. The van der Waals surface area contributed by atoms with E-state index in [-0.39, 0.29) is 11.8 Å². The molecule has 0 atom stereocenters. The predicted octanol–water partition coefficient (Wildman–Crippen LogP) is 3.83. The number of benzene rings is 2. The Bertz CT molecular complexity index is 934. The summed E-state index contributed by atoms with van der Waals surface area (Å²) in [4.78, 5) is 28.2. The minimum absolute atomic E-state index is 0.0667. The molecule has 2 aromatic rings. The van der Waals surface area contributed by atoms with Gasteiger partial charge in [-0.3, -0.25) is 15.1 Å². The summed E-state index contributed by atoms with van der Waals surface area (Å²) in [6.07, 6.45) is -0.355. The Morgan fingerprint density at radius 2 is 1.47 bits per heavy atom. The topological polar surface area (TPSA) is 109 Å². The molecule has 1 amide bonds. The maximum absolute atomic E-state index is 12.1. The average Bonchev–Trinajstić information content (AvgIpc) is 2.74. The number of hydrogen-bond acceptors (Lipinski definition) is 5. The van der Waals surface area contributed by atoms with E-state index in [4.69, 9.17) is 4.74 Å². The molecule has 0 aliphatic rings. The van der Waals surface area contributed by atoms with Crippen molar-refractivity contribution in [2.45, 2.75) is 46.0 Å². The van der Waals surface area contributed by atoms with Crippen LogP contribution in [0.4, 0.5) is 10.5 Å². The number of non-ortho nitro benzene ring substituents is 1. The number of rotatable bonds is 7. The van der Waals surface area contributed by atoms with Gasteiger partial charge in [-0.15, -0.1) is 0 Å². The lowest BCUT2D eigenvalue weighted by atomic mass is 10.1. The van der Waals surface area contributed by atoms with Crippen LogP contribution < -0.4 is 10.6 Å². The van der Waals surface area contributed by atoms with E-state index in [9.17, 15) is 14.9 Å². The molecule has 0 saturated carbocycles. The fourth-order valence-corrected chi connectivity index (χ4v) is 2.77. The predicted molar refractivity (Wildman–Crippen MR) is 124 cm³/mol. The van der Waals surface area contributed by atoms with Crippen LogP contribution in [0, 0.1) is 10.1 Å². The van der Waals surface area contributed by atoms with Gasteiger partial charge in [-0.1, -0.05) is 36.4 Å². The van der Waals surface area contributed by atoms with Gasteiger partial charge < -0.3 is 20.3 Å². The molecule has 0 bridgehead atoms. The summed E-state index contributed by atoms with van der Waals surface area (Å²) in [7, 11) is 3.39. The molecule has 0 fully saturated rings. The molecule has 0 aliphatic heterocycles. The van der Waals surface area contributed by atoms with Crippen LogP contribution in [0.2, 0.25) is 0 Å². The van der Waals surface area contributed by atoms with Crippen molar-refractivity contribution in [3.63, 3.8) is 0 Å². The van der Waals surface area contributed by atoms with Gasteiger partial charge in [-0.05, 0) is 37.5 Å². The van der Waals surface area contributed by atoms with E-state index < -0.39 is 10.5 Å². The Hall–Kier alpha value is -3.62. The number of amides is 1. The highest BCUT2D eigenvalue weighted by Gasteiger charge is 2.19. The second-order valence-corrected chi connectivity index (χ2v) is 8.36. The molecule has 0 radical (unpaired) electrons. The smallest absolute Gasteiger partial charge is 0.410 e. The molecular weight excluding hydrogens is 410 g/mol. The van der Waals surface area contributed by atoms with Gasteiger partial charge in [0.2, 0.25) is 0 Å². The molecule has 0 aliphatic carbocycles. The van der Waals surface area contributed by atoms with Crippen LogP contribution >= 0.6 is 0 Å². The van der Waals surface area contributed by atoms with E-state index in [0.717, 1.165) is 16.7 Å². The molecule has 9 nitrogen and oxygen atoms in total. The zero-order valence-electron chi connectivity index (χ0n) is 19.2.